The standard InChI is InChI=1S/C18H20Cl2O2/c1-11-15(18(21)12-5-3-2-4-6-12)10-17(22-11)14-8-7-13(19)9-16(14)20/h7-10,12,18,21H,2-6H2,1H3. The summed E-state index contributed by atoms with van der Waals surface area (Å²) in [6, 6.07) is 7.26. The molecule has 118 valence electrons. The van der Waals surface area contributed by atoms with Crippen LogP contribution in [0.4, 0.5) is 0 Å². The summed E-state index contributed by atoms with van der Waals surface area (Å²) in [7, 11) is 0. The molecule has 1 heterocycles. The molecule has 3 rings (SSSR count). The van der Waals surface area contributed by atoms with E-state index >= 15 is 0 Å². The van der Waals surface area contributed by atoms with E-state index in [2.05, 4.69) is 0 Å². The zero-order valence-electron chi connectivity index (χ0n) is 12.6. The van der Waals surface area contributed by atoms with Gasteiger partial charge in [-0.05, 0) is 49.9 Å². The zero-order valence-corrected chi connectivity index (χ0v) is 14.1. The molecule has 1 aliphatic rings. The molecule has 0 bridgehead atoms. The van der Waals surface area contributed by atoms with Gasteiger partial charge < -0.3 is 9.52 Å². The summed E-state index contributed by atoms with van der Waals surface area (Å²) in [5, 5.41) is 11.8. The van der Waals surface area contributed by atoms with Gasteiger partial charge in [-0.2, -0.15) is 0 Å². The van der Waals surface area contributed by atoms with E-state index in [4.69, 9.17) is 27.6 Å². The van der Waals surface area contributed by atoms with Crippen molar-refractivity contribution < 1.29 is 9.52 Å². The molecule has 0 radical (unpaired) electrons. The van der Waals surface area contributed by atoms with Crippen LogP contribution < -0.4 is 0 Å². The van der Waals surface area contributed by atoms with E-state index in [9.17, 15) is 5.11 Å². The van der Waals surface area contributed by atoms with E-state index in [0.717, 1.165) is 29.7 Å². The Kier molecular flexibility index (Phi) is 4.82. The van der Waals surface area contributed by atoms with Crippen molar-refractivity contribution in [2.75, 3.05) is 0 Å². The number of hydrogen-bond acceptors (Lipinski definition) is 2. The van der Waals surface area contributed by atoms with Crippen LogP contribution in [0.3, 0.4) is 0 Å². The maximum absolute atomic E-state index is 10.7. The molecule has 4 heteroatoms. The van der Waals surface area contributed by atoms with Crippen LogP contribution in [-0.4, -0.2) is 5.11 Å². The number of halogens is 2. The summed E-state index contributed by atoms with van der Waals surface area (Å²) < 4.78 is 5.85. The fourth-order valence-corrected chi connectivity index (χ4v) is 3.82. The number of benzene rings is 1. The Morgan fingerprint density at radius 3 is 2.55 bits per heavy atom. The van der Waals surface area contributed by atoms with Crippen molar-refractivity contribution in [1.82, 2.24) is 0 Å². The molecule has 1 saturated carbocycles. The van der Waals surface area contributed by atoms with Crippen molar-refractivity contribution in [1.29, 1.82) is 0 Å². The monoisotopic (exact) mass is 338 g/mol. The minimum atomic E-state index is -0.455. The highest BCUT2D eigenvalue weighted by Crippen LogP contribution is 2.39. The van der Waals surface area contributed by atoms with Crippen molar-refractivity contribution in [2.24, 2.45) is 5.92 Å². The Morgan fingerprint density at radius 2 is 1.86 bits per heavy atom. The molecule has 2 aromatic rings. The topological polar surface area (TPSA) is 33.4 Å². The van der Waals surface area contributed by atoms with Crippen molar-refractivity contribution in [3.63, 3.8) is 0 Å². The lowest BCUT2D eigenvalue weighted by molar-refractivity contribution is 0.0835. The number of aliphatic hydroxyl groups is 1. The second-order valence-corrected chi connectivity index (χ2v) is 6.93. The predicted octanol–water partition coefficient (Wildman–Crippen LogP) is 6.18. The van der Waals surface area contributed by atoms with Gasteiger partial charge in [0.25, 0.3) is 0 Å². The molecule has 1 aromatic carbocycles. The van der Waals surface area contributed by atoms with Crippen molar-refractivity contribution in [2.45, 2.75) is 45.1 Å². The first-order chi connectivity index (χ1) is 10.6. The van der Waals surface area contributed by atoms with E-state index in [0.29, 0.717) is 21.7 Å². The van der Waals surface area contributed by atoms with Crippen LogP contribution in [0.15, 0.2) is 28.7 Å². The summed E-state index contributed by atoms with van der Waals surface area (Å²) >= 11 is 12.2. The zero-order chi connectivity index (χ0) is 15.7. The van der Waals surface area contributed by atoms with Crippen LogP contribution in [0.25, 0.3) is 11.3 Å². The molecule has 1 unspecified atom stereocenters. The van der Waals surface area contributed by atoms with Gasteiger partial charge in [-0.15, -0.1) is 0 Å². The minimum absolute atomic E-state index is 0.332. The second kappa shape index (κ2) is 6.66. The fraction of sp³-hybridized carbons (Fsp3) is 0.444. The van der Waals surface area contributed by atoms with E-state index < -0.39 is 6.10 Å². The van der Waals surface area contributed by atoms with Crippen LogP contribution in [0.1, 0.15) is 49.5 Å². The summed E-state index contributed by atoms with van der Waals surface area (Å²) in [5.74, 6) is 1.78. The van der Waals surface area contributed by atoms with E-state index in [-0.39, 0.29) is 0 Å². The van der Waals surface area contributed by atoms with Gasteiger partial charge in [-0.25, -0.2) is 0 Å². The van der Waals surface area contributed by atoms with Crippen LogP contribution in [-0.2, 0) is 0 Å². The molecule has 1 fully saturated rings. The Labute approximate surface area is 141 Å². The highest BCUT2D eigenvalue weighted by atomic mass is 35.5. The van der Waals surface area contributed by atoms with Gasteiger partial charge in [0.1, 0.15) is 11.5 Å². The van der Waals surface area contributed by atoms with Gasteiger partial charge in [0.15, 0.2) is 0 Å². The molecule has 22 heavy (non-hydrogen) atoms. The molecule has 1 aliphatic carbocycles. The predicted molar refractivity (Wildman–Crippen MR) is 90.4 cm³/mol. The highest BCUT2D eigenvalue weighted by Gasteiger charge is 2.26. The Morgan fingerprint density at radius 1 is 1.14 bits per heavy atom. The Bertz CT molecular complexity index is 657. The molecule has 1 aromatic heterocycles. The maximum Gasteiger partial charge on any atom is 0.136 e. The maximum atomic E-state index is 10.7. The number of aliphatic hydroxyl groups excluding tert-OH is 1. The van der Waals surface area contributed by atoms with Gasteiger partial charge in [-0.3, -0.25) is 0 Å². The third-order valence-electron chi connectivity index (χ3n) is 4.57. The van der Waals surface area contributed by atoms with Gasteiger partial charge in [0.05, 0.1) is 11.1 Å². The molecule has 1 N–H and O–H groups in total. The molecule has 1 atom stereocenters. The summed E-state index contributed by atoms with van der Waals surface area (Å²) in [6.45, 7) is 1.90. The smallest absolute Gasteiger partial charge is 0.136 e. The number of rotatable bonds is 3. The molecule has 2 nitrogen and oxygen atoms in total. The molecular formula is C18H20Cl2O2. The largest absolute Gasteiger partial charge is 0.461 e. The first kappa shape index (κ1) is 15.9. The van der Waals surface area contributed by atoms with Crippen LogP contribution in [0, 0.1) is 12.8 Å². The Hall–Kier alpha value is -0.960. The minimum Gasteiger partial charge on any atom is -0.461 e. The van der Waals surface area contributed by atoms with E-state index in [1.807, 2.05) is 19.1 Å². The van der Waals surface area contributed by atoms with Crippen LogP contribution in [0.5, 0.6) is 0 Å². The number of hydrogen-bond donors (Lipinski definition) is 1. The highest BCUT2D eigenvalue weighted by molar-refractivity contribution is 6.36. The lowest BCUT2D eigenvalue weighted by atomic mass is 9.83. The quantitative estimate of drug-likeness (QED) is 0.725. The molecule has 0 amide bonds. The third kappa shape index (κ3) is 3.19. The normalized spacial score (nSPS) is 17.6. The van der Waals surface area contributed by atoms with Crippen molar-refractivity contribution in [3.05, 3.63) is 45.6 Å². The van der Waals surface area contributed by atoms with Gasteiger partial charge >= 0.3 is 0 Å². The summed E-state index contributed by atoms with van der Waals surface area (Å²) in [6.07, 6.45) is 5.40. The average Bonchev–Trinajstić information content (AvgIpc) is 2.89. The van der Waals surface area contributed by atoms with Crippen molar-refractivity contribution >= 4 is 23.2 Å². The van der Waals surface area contributed by atoms with Gasteiger partial charge in [-0.1, -0.05) is 42.5 Å². The first-order valence-electron chi connectivity index (χ1n) is 7.80. The molecule has 0 saturated heterocycles. The van der Waals surface area contributed by atoms with E-state index in [1.165, 1.54) is 19.3 Å². The summed E-state index contributed by atoms with van der Waals surface area (Å²) in [4.78, 5) is 0. The van der Waals surface area contributed by atoms with Gasteiger partial charge in [0, 0.05) is 16.1 Å². The SMILES string of the molecule is Cc1oc(-c2ccc(Cl)cc2Cl)cc1C(O)C1CCCCC1. The Balaban J connectivity index is 1.89. The lowest BCUT2D eigenvalue weighted by Gasteiger charge is -2.26. The molecule has 0 spiro atoms. The third-order valence-corrected chi connectivity index (χ3v) is 5.12. The fourth-order valence-electron chi connectivity index (χ4n) is 3.32. The second-order valence-electron chi connectivity index (χ2n) is 6.09. The average molecular weight is 339 g/mol. The van der Waals surface area contributed by atoms with Crippen molar-refractivity contribution in [3.8, 4) is 11.3 Å². The summed E-state index contributed by atoms with van der Waals surface area (Å²) in [5.41, 5.74) is 1.68. The van der Waals surface area contributed by atoms with E-state index in [1.54, 1.807) is 12.1 Å². The molecule has 0 aliphatic heterocycles. The number of furan rings is 1. The van der Waals surface area contributed by atoms with Crippen LogP contribution in [0.2, 0.25) is 10.0 Å². The van der Waals surface area contributed by atoms with Crippen LogP contribution >= 0.6 is 23.2 Å². The number of aryl methyl sites for hydroxylation is 1. The lowest BCUT2D eigenvalue weighted by Crippen LogP contribution is -2.16. The van der Waals surface area contributed by atoms with Gasteiger partial charge in [0.2, 0.25) is 0 Å². The molecular weight excluding hydrogens is 319 g/mol. The first-order valence-corrected chi connectivity index (χ1v) is 8.55.